The molecule has 0 bridgehead atoms. The maximum Gasteiger partial charge on any atom is 0.244 e. The highest BCUT2D eigenvalue weighted by Gasteiger charge is 2.13. The molecule has 0 fully saturated rings. The Morgan fingerprint density at radius 2 is 0.913 bits per heavy atom. The van der Waals surface area contributed by atoms with Crippen molar-refractivity contribution in [2.45, 2.75) is 13.1 Å². The Morgan fingerprint density at radius 3 is 1.24 bits per heavy atom. The van der Waals surface area contributed by atoms with Gasteiger partial charge in [-0.15, -0.1) is 0 Å². The highest BCUT2D eigenvalue weighted by atomic mass is 16.5. The second kappa shape index (κ2) is 18.2. The van der Waals surface area contributed by atoms with E-state index in [9.17, 15) is 9.59 Å². The molecule has 10 nitrogen and oxygen atoms in total. The van der Waals surface area contributed by atoms with Crippen LogP contribution < -0.4 is 39.1 Å². The first-order chi connectivity index (χ1) is 22.3. The van der Waals surface area contributed by atoms with E-state index in [0.717, 1.165) is 22.3 Å². The monoisotopic (exact) mass is 628 g/mol. The van der Waals surface area contributed by atoms with Crippen molar-refractivity contribution in [1.82, 2.24) is 10.6 Å². The smallest absolute Gasteiger partial charge is 0.244 e. The average molecular weight is 629 g/mol. The molecule has 0 unspecified atom stereocenters. The summed E-state index contributed by atoms with van der Waals surface area (Å²) in [7, 11) is 9.32. The summed E-state index contributed by atoms with van der Waals surface area (Å²) in [6.07, 6.45) is 13.3. The fourth-order valence-corrected chi connectivity index (χ4v) is 4.36. The van der Waals surface area contributed by atoms with Gasteiger partial charge in [-0.25, -0.2) is 0 Å². The zero-order chi connectivity index (χ0) is 33.3. The van der Waals surface area contributed by atoms with E-state index in [2.05, 4.69) is 10.6 Å². The van der Waals surface area contributed by atoms with Crippen molar-refractivity contribution in [2.24, 2.45) is 0 Å². The first kappa shape index (κ1) is 34.8. The van der Waals surface area contributed by atoms with Crippen LogP contribution in [0.5, 0.6) is 34.5 Å². The maximum atomic E-state index is 12.3. The highest BCUT2D eigenvalue weighted by molar-refractivity contribution is 5.88. The molecule has 0 saturated heterocycles. The van der Waals surface area contributed by atoms with Crippen molar-refractivity contribution >= 4 is 24.0 Å². The molecule has 3 aromatic rings. The molecule has 0 aliphatic carbocycles. The number of carbonyl (C=O) groups is 2. The number of hydrogen-bond acceptors (Lipinski definition) is 8. The van der Waals surface area contributed by atoms with Crippen LogP contribution in [-0.2, 0) is 22.7 Å². The minimum Gasteiger partial charge on any atom is -0.493 e. The summed E-state index contributed by atoms with van der Waals surface area (Å²) < 4.78 is 32.2. The van der Waals surface area contributed by atoms with Crippen LogP contribution in [0.15, 0.2) is 85.0 Å². The average Bonchev–Trinajstić information content (AvgIpc) is 3.09. The number of methoxy groups -OCH3 is 6. The van der Waals surface area contributed by atoms with Gasteiger partial charge in [0.1, 0.15) is 0 Å². The maximum absolute atomic E-state index is 12.3. The van der Waals surface area contributed by atoms with Crippen LogP contribution in [-0.4, -0.2) is 54.5 Å². The number of hydrogen-bond donors (Lipinski definition) is 2. The number of amides is 2. The predicted octanol–water partition coefficient (Wildman–Crippen LogP) is 5.51. The topological polar surface area (TPSA) is 114 Å². The standard InChI is InChI=1S/C36H40N2O8/c1-41-29-19-25(20-30(42-2)35(29)45-5)12-7-9-16-33(39)37-23-27-14-11-15-28(18-27)24-38-34(40)17-10-8-13-26-21-31(43-3)36(46-6)32(22-26)44-4/h7-22H,23-24H2,1-6H3,(H,37,39)(H,38,40)/b12-7+,13-8+,16-9+,17-10+. The van der Waals surface area contributed by atoms with Gasteiger partial charge < -0.3 is 39.1 Å². The summed E-state index contributed by atoms with van der Waals surface area (Å²) in [4.78, 5) is 24.7. The van der Waals surface area contributed by atoms with Crippen LogP contribution in [0, 0.1) is 0 Å². The van der Waals surface area contributed by atoms with E-state index >= 15 is 0 Å². The van der Waals surface area contributed by atoms with Crippen LogP contribution in [0.3, 0.4) is 0 Å². The largest absolute Gasteiger partial charge is 0.493 e. The van der Waals surface area contributed by atoms with E-state index in [0.29, 0.717) is 47.6 Å². The summed E-state index contributed by atoms with van der Waals surface area (Å²) in [6, 6.07) is 14.9. The highest BCUT2D eigenvalue weighted by Crippen LogP contribution is 2.39. The fourth-order valence-electron chi connectivity index (χ4n) is 4.36. The molecule has 0 spiro atoms. The van der Waals surface area contributed by atoms with Gasteiger partial charge in [0.2, 0.25) is 23.3 Å². The lowest BCUT2D eigenvalue weighted by atomic mass is 10.1. The van der Waals surface area contributed by atoms with Crippen LogP contribution in [0.2, 0.25) is 0 Å². The number of ether oxygens (including phenoxy) is 6. The normalized spacial score (nSPS) is 11.3. The molecule has 242 valence electrons. The number of carbonyl (C=O) groups excluding carboxylic acids is 2. The third-order valence-electron chi connectivity index (χ3n) is 6.59. The molecule has 46 heavy (non-hydrogen) atoms. The summed E-state index contributed by atoms with van der Waals surface area (Å²) in [5.41, 5.74) is 3.47. The van der Waals surface area contributed by atoms with Gasteiger partial charge in [-0.05, 0) is 46.5 Å². The van der Waals surface area contributed by atoms with E-state index in [1.807, 2.05) is 60.7 Å². The summed E-state index contributed by atoms with van der Waals surface area (Å²) >= 11 is 0. The van der Waals surface area contributed by atoms with Gasteiger partial charge in [0.15, 0.2) is 23.0 Å². The van der Waals surface area contributed by atoms with E-state index < -0.39 is 0 Å². The van der Waals surface area contributed by atoms with Crippen molar-refractivity contribution in [1.29, 1.82) is 0 Å². The predicted molar refractivity (Wildman–Crippen MR) is 179 cm³/mol. The van der Waals surface area contributed by atoms with Crippen LogP contribution in [0.1, 0.15) is 22.3 Å². The molecule has 0 aromatic heterocycles. The molecule has 2 amide bonds. The zero-order valence-electron chi connectivity index (χ0n) is 26.9. The molecular weight excluding hydrogens is 588 g/mol. The Hall–Kier alpha value is -5.64. The van der Waals surface area contributed by atoms with Crippen LogP contribution >= 0.6 is 0 Å². The first-order valence-corrected chi connectivity index (χ1v) is 14.3. The van der Waals surface area contributed by atoms with Gasteiger partial charge in [-0.3, -0.25) is 9.59 Å². The summed E-state index contributed by atoms with van der Waals surface area (Å²) in [5.74, 6) is 2.73. The molecule has 0 atom stereocenters. The van der Waals surface area contributed by atoms with Gasteiger partial charge in [0.25, 0.3) is 0 Å². The van der Waals surface area contributed by atoms with Crippen molar-refractivity contribution in [3.63, 3.8) is 0 Å². The zero-order valence-corrected chi connectivity index (χ0v) is 26.9. The van der Waals surface area contributed by atoms with Gasteiger partial charge in [0, 0.05) is 25.2 Å². The minimum atomic E-state index is -0.238. The third-order valence-corrected chi connectivity index (χ3v) is 6.59. The Labute approximate surface area is 269 Å². The number of benzene rings is 3. The summed E-state index contributed by atoms with van der Waals surface area (Å²) in [5, 5.41) is 5.73. The second-order valence-corrected chi connectivity index (χ2v) is 9.61. The van der Waals surface area contributed by atoms with Crippen molar-refractivity contribution in [3.05, 3.63) is 107 Å². The Bertz CT molecular complexity index is 1440. The molecule has 3 rings (SSSR count). The quantitative estimate of drug-likeness (QED) is 0.158. The van der Waals surface area contributed by atoms with E-state index in [-0.39, 0.29) is 11.8 Å². The molecule has 2 N–H and O–H groups in total. The first-order valence-electron chi connectivity index (χ1n) is 14.3. The van der Waals surface area contributed by atoms with Crippen molar-refractivity contribution in [2.75, 3.05) is 42.7 Å². The molecule has 3 aromatic carbocycles. The number of rotatable bonds is 16. The van der Waals surface area contributed by atoms with Crippen LogP contribution in [0.4, 0.5) is 0 Å². The second-order valence-electron chi connectivity index (χ2n) is 9.61. The molecule has 10 heteroatoms. The van der Waals surface area contributed by atoms with Gasteiger partial charge in [0.05, 0.1) is 42.7 Å². The minimum absolute atomic E-state index is 0.238. The van der Waals surface area contributed by atoms with Gasteiger partial charge in [-0.2, -0.15) is 0 Å². The Balaban J connectivity index is 1.47. The number of nitrogens with one attached hydrogen (secondary N) is 2. The molecule has 0 aliphatic rings. The van der Waals surface area contributed by atoms with Crippen molar-refractivity contribution in [3.8, 4) is 34.5 Å². The lowest BCUT2D eigenvalue weighted by Gasteiger charge is -2.12. The molecule has 0 saturated carbocycles. The van der Waals surface area contributed by atoms with Gasteiger partial charge in [-0.1, -0.05) is 60.7 Å². The van der Waals surface area contributed by atoms with E-state index in [1.54, 1.807) is 67.0 Å². The molecule has 0 heterocycles. The third kappa shape index (κ3) is 10.2. The van der Waals surface area contributed by atoms with Crippen molar-refractivity contribution < 1.29 is 38.0 Å². The fraction of sp³-hybridized carbons (Fsp3) is 0.222. The van der Waals surface area contributed by atoms with E-state index in [1.165, 1.54) is 12.2 Å². The lowest BCUT2D eigenvalue weighted by Crippen LogP contribution is -2.21. The van der Waals surface area contributed by atoms with Crippen LogP contribution in [0.25, 0.3) is 12.2 Å². The number of allylic oxidation sites excluding steroid dienone is 4. The SMILES string of the molecule is COc1cc(/C=C/C=C/C(=O)NCc2cccc(CNC(=O)/C=C/C=C/c3cc(OC)c(OC)c(OC)c3)c2)cc(OC)c1OC. The summed E-state index contributed by atoms with van der Waals surface area (Å²) in [6.45, 7) is 0.681. The molecular formula is C36H40N2O8. The Kier molecular flexibility index (Phi) is 13.8. The molecule has 0 radical (unpaired) electrons. The Morgan fingerprint density at radius 1 is 0.543 bits per heavy atom. The van der Waals surface area contributed by atoms with Gasteiger partial charge >= 0.3 is 0 Å². The molecule has 0 aliphatic heterocycles. The lowest BCUT2D eigenvalue weighted by molar-refractivity contribution is -0.117. The van der Waals surface area contributed by atoms with E-state index in [4.69, 9.17) is 28.4 Å².